The number of fused-ring (bicyclic) bond motifs is 1. The Bertz CT molecular complexity index is 1990. The molecule has 4 aromatic heterocycles. The Morgan fingerprint density at radius 3 is 2.63 bits per heavy atom. The first kappa shape index (κ1) is 28.1. The van der Waals surface area contributed by atoms with E-state index in [1.54, 1.807) is 30.0 Å². The molecule has 0 amide bonds. The molecule has 1 atom stereocenters. The van der Waals surface area contributed by atoms with E-state index in [1.807, 2.05) is 0 Å². The number of thiophene rings is 1. The first-order chi connectivity index (χ1) is 20.5. The number of rotatable bonds is 4. The van der Waals surface area contributed by atoms with Crippen LogP contribution in [0.4, 0.5) is 38.6 Å². The van der Waals surface area contributed by atoms with Gasteiger partial charge in [-0.3, -0.25) is 4.98 Å². The van der Waals surface area contributed by atoms with E-state index in [0.29, 0.717) is 23.1 Å². The largest absolute Gasteiger partial charge is 0.490 e. The molecule has 0 spiro atoms. The van der Waals surface area contributed by atoms with Gasteiger partial charge in [0, 0.05) is 17.1 Å². The van der Waals surface area contributed by atoms with Crippen molar-refractivity contribution in [3.63, 3.8) is 0 Å². The third kappa shape index (κ3) is 4.26. The number of aromatic nitrogens is 4. The minimum absolute atomic E-state index is 0.00634. The van der Waals surface area contributed by atoms with Crippen molar-refractivity contribution in [2.45, 2.75) is 19.1 Å². The van der Waals surface area contributed by atoms with Crippen LogP contribution in [0.15, 0.2) is 24.5 Å². The number of nitriles is 1. The van der Waals surface area contributed by atoms with Crippen LogP contribution in [0.2, 0.25) is 0 Å². The number of benzene rings is 1. The summed E-state index contributed by atoms with van der Waals surface area (Å²) in [6.45, 7) is 1.46. The number of methoxy groups -OCH3 is 1. The van der Waals surface area contributed by atoms with Gasteiger partial charge >= 0.3 is 12.2 Å². The first-order valence-electron chi connectivity index (χ1n) is 12.5. The molecular formula is C27H19F5N8O2S. The zero-order valence-corrected chi connectivity index (χ0v) is 23.1. The molecule has 0 unspecified atom stereocenters. The molecule has 5 heterocycles. The van der Waals surface area contributed by atoms with Gasteiger partial charge in [0.25, 0.3) is 0 Å². The number of nitrogens with zero attached hydrogens (tertiary/aromatic N) is 6. The topological polar surface area (TPSA) is 149 Å². The molecule has 1 aromatic carbocycles. The van der Waals surface area contributed by atoms with Crippen molar-refractivity contribution in [2.24, 2.45) is 0 Å². The number of pyridine rings is 2. The maximum atomic E-state index is 16.7. The molecule has 0 saturated carbocycles. The van der Waals surface area contributed by atoms with E-state index < -0.39 is 51.9 Å². The van der Waals surface area contributed by atoms with Gasteiger partial charge in [0.2, 0.25) is 0 Å². The highest BCUT2D eigenvalue weighted by atomic mass is 32.1. The second-order valence-electron chi connectivity index (χ2n) is 9.46. The predicted octanol–water partition coefficient (Wildman–Crippen LogP) is 5.60. The summed E-state index contributed by atoms with van der Waals surface area (Å²) in [6.07, 6.45) is -3.09. The standard InChI is InChI=1S/C27H19F5N8O2S/c1-10(11-4-3-5-36-23(11)34)40-6-7-42-21-16-20(38-26(41-2)39-25(16)40)18(29)15(17(21)27(30,31)32)19-14-12(8-33)24(35)43-22(14)13(28)9-37-19/h3-5,9-10H,6-7,35H2,1-2H3,(H2,34,36)/t10-/m1/s1. The molecule has 5 aromatic rings. The van der Waals surface area contributed by atoms with Gasteiger partial charge in [0.15, 0.2) is 11.6 Å². The third-order valence-corrected chi connectivity index (χ3v) is 8.18. The number of hydrogen-bond donors (Lipinski definition) is 2. The van der Waals surface area contributed by atoms with Gasteiger partial charge in [0.1, 0.15) is 46.1 Å². The van der Waals surface area contributed by atoms with Gasteiger partial charge in [0.05, 0.1) is 52.8 Å². The van der Waals surface area contributed by atoms with Gasteiger partial charge in [-0.25, -0.2) is 13.8 Å². The van der Waals surface area contributed by atoms with Crippen molar-refractivity contribution in [3.05, 3.63) is 52.9 Å². The minimum Gasteiger partial charge on any atom is -0.490 e. The second kappa shape index (κ2) is 10.1. The summed E-state index contributed by atoms with van der Waals surface area (Å²) in [7, 11) is 1.22. The van der Waals surface area contributed by atoms with Crippen LogP contribution >= 0.6 is 11.3 Å². The van der Waals surface area contributed by atoms with E-state index in [2.05, 4.69) is 19.9 Å². The van der Waals surface area contributed by atoms with Gasteiger partial charge in [-0.2, -0.15) is 28.4 Å². The number of alkyl halides is 3. The number of nitrogen functional groups attached to an aromatic ring is 2. The van der Waals surface area contributed by atoms with Crippen LogP contribution in [0.25, 0.3) is 32.2 Å². The van der Waals surface area contributed by atoms with Gasteiger partial charge in [-0.15, -0.1) is 11.3 Å². The molecule has 0 saturated heterocycles. The molecule has 16 heteroatoms. The molecule has 4 N–H and O–H groups in total. The quantitative estimate of drug-likeness (QED) is 0.245. The fourth-order valence-electron chi connectivity index (χ4n) is 5.27. The molecule has 1 aliphatic heterocycles. The van der Waals surface area contributed by atoms with E-state index in [1.165, 1.54) is 13.3 Å². The number of halogens is 5. The molecule has 0 fully saturated rings. The van der Waals surface area contributed by atoms with Gasteiger partial charge < -0.3 is 25.8 Å². The zero-order chi connectivity index (χ0) is 30.8. The molecule has 220 valence electrons. The van der Waals surface area contributed by atoms with Crippen molar-refractivity contribution < 1.29 is 31.4 Å². The Morgan fingerprint density at radius 2 is 1.95 bits per heavy atom. The summed E-state index contributed by atoms with van der Waals surface area (Å²) < 4.78 is 87.2. The maximum Gasteiger partial charge on any atom is 0.420 e. The molecule has 0 aliphatic carbocycles. The third-order valence-electron chi connectivity index (χ3n) is 7.15. The van der Waals surface area contributed by atoms with Crippen molar-refractivity contribution in [2.75, 3.05) is 36.6 Å². The Hall–Kier alpha value is -5.04. The normalized spacial score (nSPS) is 14.0. The zero-order valence-electron chi connectivity index (χ0n) is 22.3. The highest BCUT2D eigenvalue weighted by Crippen LogP contribution is 2.53. The Kier molecular flexibility index (Phi) is 6.57. The molecule has 0 radical (unpaired) electrons. The summed E-state index contributed by atoms with van der Waals surface area (Å²) in [4.78, 5) is 17.9. The van der Waals surface area contributed by atoms with Crippen LogP contribution in [-0.2, 0) is 6.18 Å². The van der Waals surface area contributed by atoms with Crippen molar-refractivity contribution in [1.82, 2.24) is 19.9 Å². The van der Waals surface area contributed by atoms with Gasteiger partial charge in [-0.05, 0) is 13.0 Å². The molecular weight excluding hydrogens is 595 g/mol. The number of nitrogens with two attached hydrogens (primary N) is 2. The molecule has 10 nitrogen and oxygen atoms in total. The molecule has 1 aliphatic rings. The first-order valence-corrected chi connectivity index (χ1v) is 13.3. The van der Waals surface area contributed by atoms with Crippen LogP contribution in [0, 0.1) is 23.0 Å². The summed E-state index contributed by atoms with van der Waals surface area (Å²) >= 11 is 0.635. The Labute approximate surface area is 243 Å². The van der Waals surface area contributed by atoms with Crippen molar-refractivity contribution in [3.8, 4) is 29.1 Å². The monoisotopic (exact) mass is 614 g/mol. The smallest absolute Gasteiger partial charge is 0.420 e. The highest BCUT2D eigenvalue weighted by molar-refractivity contribution is 7.23. The van der Waals surface area contributed by atoms with E-state index >= 15 is 17.6 Å². The lowest BCUT2D eigenvalue weighted by atomic mass is 9.95. The van der Waals surface area contributed by atoms with Crippen LogP contribution in [0.3, 0.4) is 0 Å². The van der Waals surface area contributed by atoms with Crippen LogP contribution < -0.4 is 25.8 Å². The van der Waals surface area contributed by atoms with Gasteiger partial charge in [-0.1, -0.05) is 6.07 Å². The van der Waals surface area contributed by atoms with E-state index in [-0.39, 0.29) is 56.8 Å². The second-order valence-corrected chi connectivity index (χ2v) is 10.5. The number of hydrogen-bond acceptors (Lipinski definition) is 11. The maximum absolute atomic E-state index is 16.7. The summed E-state index contributed by atoms with van der Waals surface area (Å²) in [5.41, 5.74) is 8.34. The average molecular weight is 615 g/mol. The lowest BCUT2D eigenvalue weighted by Gasteiger charge is -2.30. The summed E-state index contributed by atoms with van der Waals surface area (Å²) in [5.74, 6) is -3.07. The molecule has 43 heavy (non-hydrogen) atoms. The number of ether oxygens (including phenoxy) is 2. The predicted molar refractivity (Wildman–Crippen MR) is 149 cm³/mol. The fourth-order valence-corrected chi connectivity index (χ4v) is 6.19. The minimum atomic E-state index is -5.22. The Balaban J connectivity index is 1.76. The van der Waals surface area contributed by atoms with E-state index in [9.17, 15) is 9.65 Å². The lowest BCUT2D eigenvalue weighted by molar-refractivity contribution is -0.138. The Morgan fingerprint density at radius 1 is 1.19 bits per heavy atom. The van der Waals surface area contributed by atoms with Crippen LogP contribution in [-0.4, -0.2) is 40.2 Å². The average Bonchev–Trinajstić information content (AvgIpc) is 3.20. The van der Waals surface area contributed by atoms with Crippen LogP contribution in [0.5, 0.6) is 11.8 Å². The van der Waals surface area contributed by atoms with Crippen molar-refractivity contribution >= 4 is 49.0 Å². The van der Waals surface area contributed by atoms with Crippen molar-refractivity contribution in [1.29, 1.82) is 5.26 Å². The SMILES string of the molecule is COc1nc2c3c(c(C(F)(F)F)c(-c4ncc(F)c5sc(N)c(C#N)c45)c(F)c3n1)OCCN2[C@H](C)c1cccnc1N. The van der Waals surface area contributed by atoms with E-state index in [0.717, 1.165) is 0 Å². The summed E-state index contributed by atoms with van der Waals surface area (Å²) in [5, 5.41) is 8.81. The molecule has 0 bridgehead atoms. The highest BCUT2D eigenvalue weighted by Gasteiger charge is 2.44. The molecule has 6 rings (SSSR count). The van der Waals surface area contributed by atoms with E-state index in [4.69, 9.17) is 20.9 Å². The summed E-state index contributed by atoms with van der Waals surface area (Å²) in [6, 6.07) is 4.17. The lowest BCUT2D eigenvalue weighted by Crippen LogP contribution is -2.31. The van der Waals surface area contributed by atoms with Crippen LogP contribution in [0.1, 0.15) is 29.7 Å². The fraction of sp³-hybridized carbons (Fsp3) is 0.222. The number of anilines is 3.